The zero-order valence-electron chi connectivity index (χ0n) is 18.2. The van der Waals surface area contributed by atoms with E-state index in [2.05, 4.69) is 9.72 Å². The fourth-order valence-corrected chi connectivity index (χ4v) is 4.20. The molecule has 4 aromatic rings. The zero-order valence-corrected chi connectivity index (χ0v) is 18.2. The molecule has 178 valence electrons. The lowest BCUT2D eigenvalue weighted by molar-refractivity contribution is -0.274. The Bertz CT molecular complexity index is 1450. The Morgan fingerprint density at radius 2 is 1.60 bits per heavy atom. The summed E-state index contributed by atoms with van der Waals surface area (Å²) >= 11 is 0. The molecule has 9 heteroatoms. The number of nitrogens with zero attached hydrogens (tertiary/aromatic N) is 1. The van der Waals surface area contributed by atoms with Crippen molar-refractivity contribution in [2.45, 2.75) is 18.9 Å². The maximum absolute atomic E-state index is 12.9. The second kappa shape index (κ2) is 8.83. The van der Waals surface area contributed by atoms with Gasteiger partial charge in [0.1, 0.15) is 11.5 Å². The number of H-pyrrole nitrogens is 1. The van der Waals surface area contributed by atoms with Gasteiger partial charge < -0.3 is 19.4 Å². The van der Waals surface area contributed by atoms with Crippen LogP contribution in [-0.4, -0.2) is 29.9 Å². The van der Waals surface area contributed by atoms with Crippen molar-refractivity contribution in [2.24, 2.45) is 0 Å². The summed E-state index contributed by atoms with van der Waals surface area (Å²) in [5.74, 6) is -0.579. The van der Waals surface area contributed by atoms with E-state index in [1.165, 1.54) is 12.1 Å². The molecule has 0 spiro atoms. The van der Waals surface area contributed by atoms with E-state index in [1.54, 1.807) is 17.2 Å². The molecule has 1 saturated heterocycles. The highest BCUT2D eigenvalue weighted by molar-refractivity contribution is 6.00. The monoisotopic (exact) mass is 480 g/mol. The molecule has 0 radical (unpaired) electrons. The van der Waals surface area contributed by atoms with E-state index >= 15 is 0 Å². The van der Waals surface area contributed by atoms with Crippen LogP contribution in [0.3, 0.4) is 0 Å². The molecule has 2 heterocycles. The smallest absolute Gasteiger partial charge is 0.480 e. The molecule has 1 atom stereocenters. The molecule has 0 aliphatic carbocycles. The van der Waals surface area contributed by atoms with Crippen molar-refractivity contribution in [3.63, 3.8) is 0 Å². The number of benzene rings is 3. The van der Waals surface area contributed by atoms with Crippen molar-refractivity contribution in [3.8, 4) is 22.6 Å². The first-order valence-corrected chi connectivity index (χ1v) is 10.8. The van der Waals surface area contributed by atoms with Crippen LogP contribution in [-0.2, 0) is 4.79 Å². The standard InChI is InChI=1S/C26H19F3N2O4/c27-26(28,29)35-19-5-3-4-18(14-19)34-23-12-13-31(25(23)33)17-10-8-16(9-11-17)22-15-30-24(32)21-7-2-1-6-20(21)22/h1-11,14-15,23H,12-13H2,(H,30,32). The third kappa shape index (κ3) is 4.70. The number of halogens is 3. The highest BCUT2D eigenvalue weighted by atomic mass is 19.4. The van der Waals surface area contributed by atoms with Crippen LogP contribution in [0.15, 0.2) is 83.8 Å². The molecule has 0 bridgehead atoms. The maximum Gasteiger partial charge on any atom is 0.573 e. The summed E-state index contributed by atoms with van der Waals surface area (Å²) in [7, 11) is 0. The van der Waals surface area contributed by atoms with E-state index in [4.69, 9.17) is 4.74 Å². The van der Waals surface area contributed by atoms with Crippen LogP contribution in [0.4, 0.5) is 18.9 Å². The molecule has 1 aliphatic heterocycles. The van der Waals surface area contributed by atoms with Crippen molar-refractivity contribution >= 4 is 22.4 Å². The van der Waals surface area contributed by atoms with Crippen LogP contribution in [0.5, 0.6) is 11.5 Å². The number of fused-ring (bicyclic) bond motifs is 1. The van der Waals surface area contributed by atoms with Gasteiger partial charge in [0.2, 0.25) is 0 Å². The van der Waals surface area contributed by atoms with Gasteiger partial charge in [0, 0.05) is 41.9 Å². The minimum atomic E-state index is -4.81. The molecule has 5 rings (SSSR count). The van der Waals surface area contributed by atoms with Gasteiger partial charge in [0.15, 0.2) is 6.10 Å². The van der Waals surface area contributed by atoms with Gasteiger partial charge in [-0.2, -0.15) is 0 Å². The lowest BCUT2D eigenvalue weighted by Gasteiger charge is -2.18. The summed E-state index contributed by atoms with van der Waals surface area (Å²) in [6.45, 7) is 0.406. The number of pyridine rings is 1. The van der Waals surface area contributed by atoms with Gasteiger partial charge in [-0.05, 0) is 41.3 Å². The number of amides is 1. The fourth-order valence-electron chi connectivity index (χ4n) is 4.20. The SMILES string of the molecule is O=C1C(Oc2cccc(OC(F)(F)F)c2)CCN1c1ccc(-c2c[nH]c(=O)c3ccccc23)cc1. The van der Waals surface area contributed by atoms with E-state index in [0.717, 1.165) is 28.6 Å². The quantitative estimate of drug-likeness (QED) is 0.422. The molecular formula is C26H19F3N2O4. The summed E-state index contributed by atoms with van der Waals surface area (Å²) in [6.07, 6.45) is -3.58. The van der Waals surface area contributed by atoms with Crippen molar-refractivity contribution in [2.75, 3.05) is 11.4 Å². The topological polar surface area (TPSA) is 71.6 Å². The predicted molar refractivity (Wildman–Crippen MR) is 125 cm³/mol. The fraction of sp³-hybridized carbons (Fsp3) is 0.154. The number of hydrogen-bond donors (Lipinski definition) is 1. The summed E-state index contributed by atoms with van der Waals surface area (Å²) in [4.78, 5) is 29.4. The van der Waals surface area contributed by atoms with Crippen molar-refractivity contribution in [1.29, 1.82) is 0 Å². The van der Waals surface area contributed by atoms with Gasteiger partial charge in [0.25, 0.3) is 11.5 Å². The van der Waals surface area contributed by atoms with Gasteiger partial charge in [-0.3, -0.25) is 9.59 Å². The third-order valence-electron chi connectivity index (χ3n) is 5.77. The summed E-state index contributed by atoms with van der Waals surface area (Å²) in [5, 5.41) is 1.42. The number of rotatable bonds is 5. The van der Waals surface area contributed by atoms with Crippen LogP contribution >= 0.6 is 0 Å². The average molecular weight is 480 g/mol. The largest absolute Gasteiger partial charge is 0.573 e. The number of carbonyl (C=O) groups excluding carboxylic acids is 1. The maximum atomic E-state index is 12.9. The molecule has 1 N–H and O–H groups in total. The van der Waals surface area contributed by atoms with Crippen LogP contribution in [0.2, 0.25) is 0 Å². The molecule has 3 aromatic carbocycles. The molecular weight excluding hydrogens is 461 g/mol. The molecule has 0 saturated carbocycles. The van der Waals surface area contributed by atoms with E-state index < -0.39 is 18.2 Å². The lowest BCUT2D eigenvalue weighted by Crippen LogP contribution is -2.32. The molecule has 1 unspecified atom stereocenters. The van der Waals surface area contributed by atoms with Gasteiger partial charge >= 0.3 is 6.36 Å². The van der Waals surface area contributed by atoms with Gasteiger partial charge in [-0.25, -0.2) is 0 Å². The zero-order chi connectivity index (χ0) is 24.6. The minimum Gasteiger partial charge on any atom is -0.480 e. The number of aromatic amines is 1. The van der Waals surface area contributed by atoms with Crippen LogP contribution in [0.25, 0.3) is 21.9 Å². The van der Waals surface area contributed by atoms with Gasteiger partial charge in [-0.15, -0.1) is 13.2 Å². The molecule has 6 nitrogen and oxygen atoms in total. The molecule has 35 heavy (non-hydrogen) atoms. The number of anilines is 1. The molecule has 1 aromatic heterocycles. The molecule has 1 aliphatic rings. The molecule has 1 amide bonds. The summed E-state index contributed by atoms with van der Waals surface area (Å²) in [5.41, 5.74) is 2.25. The number of ether oxygens (including phenoxy) is 2. The minimum absolute atomic E-state index is 0.118. The number of alkyl halides is 3. The third-order valence-corrected chi connectivity index (χ3v) is 5.77. The average Bonchev–Trinajstić information content (AvgIpc) is 3.19. The Morgan fingerprint density at radius 1 is 0.886 bits per heavy atom. The lowest BCUT2D eigenvalue weighted by atomic mass is 10.0. The predicted octanol–water partition coefficient (Wildman–Crippen LogP) is 5.28. The Balaban J connectivity index is 1.32. The van der Waals surface area contributed by atoms with Gasteiger partial charge in [-0.1, -0.05) is 36.4 Å². The van der Waals surface area contributed by atoms with Gasteiger partial charge in [0.05, 0.1) is 0 Å². The summed E-state index contributed by atoms with van der Waals surface area (Å²) in [6, 6.07) is 19.8. The van der Waals surface area contributed by atoms with Crippen LogP contribution < -0.4 is 19.9 Å². The van der Waals surface area contributed by atoms with Crippen molar-refractivity contribution < 1.29 is 27.4 Å². The normalized spacial score (nSPS) is 16.0. The first-order chi connectivity index (χ1) is 16.8. The Labute approximate surface area is 197 Å². The first kappa shape index (κ1) is 22.5. The second-order valence-corrected chi connectivity index (χ2v) is 8.03. The van der Waals surface area contributed by atoms with Crippen LogP contribution in [0.1, 0.15) is 6.42 Å². The van der Waals surface area contributed by atoms with E-state index in [-0.39, 0.29) is 17.2 Å². The highest BCUT2D eigenvalue weighted by Crippen LogP contribution is 2.31. The number of nitrogens with one attached hydrogen (secondary N) is 1. The Morgan fingerprint density at radius 3 is 2.34 bits per heavy atom. The number of aromatic nitrogens is 1. The van der Waals surface area contributed by atoms with E-state index in [9.17, 15) is 22.8 Å². The highest BCUT2D eigenvalue weighted by Gasteiger charge is 2.35. The van der Waals surface area contributed by atoms with Crippen molar-refractivity contribution in [1.82, 2.24) is 4.98 Å². The number of carbonyl (C=O) groups is 1. The second-order valence-electron chi connectivity index (χ2n) is 8.03. The Hall–Kier alpha value is -4.27. The van der Waals surface area contributed by atoms with E-state index in [0.29, 0.717) is 24.0 Å². The first-order valence-electron chi connectivity index (χ1n) is 10.8. The van der Waals surface area contributed by atoms with E-state index in [1.807, 2.05) is 42.5 Å². The van der Waals surface area contributed by atoms with Crippen LogP contribution in [0, 0.1) is 0 Å². The summed E-state index contributed by atoms with van der Waals surface area (Å²) < 4.78 is 47.0. The van der Waals surface area contributed by atoms with Crippen molar-refractivity contribution in [3.05, 3.63) is 89.3 Å². The molecule has 1 fully saturated rings. The number of hydrogen-bond acceptors (Lipinski definition) is 4. The Kier molecular flexibility index (Phi) is 5.68.